The number of rotatable bonds is 4. The maximum atomic E-state index is 9.84. The summed E-state index contributed by atoms with van der Waals surface area (Å²) in [6.07, 6.45) is 1.65. The fourth-order valence-corrected chi connectivity index (χ4v) is 2.73. The lowest BCUT2D eigenvalue weighted by atomic mass is 10.2. The summed E-state index contributed by atoms with van der Waals surface area (Å²) in [5.41, 5.74) is 1.55. The van der Waals surface area contributed by atoms with E-state index in [1.165, 1.54) is 7.11 Å². The summed E-state index contributed by atoms with van der Waals surface area (Å²) in [5, 5.41) is 14.0. The Kier molecular flexibility index (Phi) is 4.87. The average molecular weight is 408 g/mol. The lowest BCUT2D eigenvalue weighted by Crippen LogP contribution is -1.86. The molecule has 1 heterocycles. The third-order valence-corrected chi connectivity index (χ3v) is 4.10. The molecule has 0 aliphatic carbocycles. The van der Waals surface area contributed by atoms with E-state index in [1.54, 1.807) is 18.2 Å². The lowest BCUT2D eigenvalue weighted by molar-refractivity contribution is 0.372. The molecule has 0 fully saturated rings. The molecule has 0 amide bonds. The second-order valence-electron chi connectivity index (χ2n) is 4.84. The van der Waals surface area contributed by atoms with Gasteiger partial charge in [0.25, 0.3) is 5.89 Å². The van der Waals surface area contributed by atoms with Crippen LogP contribution in [0.3, 0.4) is 0 Å². The SMILES string of the molecule is COc1cc(/C=C(\Cl)c2nc(-c3ccccc3)no2)cc(Br)c1O. The van der Waals surface area contributed by atoms with Gasteiger partial charge in [-0.2, -0.15) is 4.98 Å². The summed E-state index contributed by atoms with van der Waals surface area (Å²) in [4.78, 5) is 4.29. The summed E-state index contributed by atoms with van der Waals surface area (Å²) in [5.74, 6) is 1.02. The van der Waals surface area contributed by atoms with Crippen LogP contribution in [0.1, 0.15) is 11.5 Å². The van der Waals surface area contributed by atoms with Gasteiger partial charge >= 0.3 is 0 Å². The lowest BCUT2D eigenvalue weighted by Gasteiger charge is -2.06. The highest BCUT2D eigenvalue weighted by atomic mass is 79.9. The van der Waals surface area contributed by atoms with E-state index in [0.717, 1.165) is 5.56 Å². The van der Waals surface area contributed by atoms with Gasteiger partial charge in [0.1, 0.15) is 5.03 Å². The predicted molar refractivity (Wildman–Crippen MR) is 95.8 cm³/mol. The fourth-order valence-electron chi connectivity index (χ4n) is 2.07. The minimum Gasteiger partial charge on any atom is -0.503 e. The molecule has 0 aliphatic rings. The summed E-state index contributed by atoms with van der Waals surface area (Å²) in [6.45, 7) is 0. The molecule has 0 aliphatic heterocycles. The Hall–Kier alpha value is -2.31. The molecule has 0 unspecified atom stereocenters. The molecular weight excluding hydrogens is 396 g/mol. The largest absolute Gasteiger partial charge is 0.503 e. The van der Waals surface area contributed by atoms with E-state index in [9.17, 15) is 5.11 Å². The van der Waals surface area contributed by atoms with Crippen molar-refractivity contribution in [2.24, 2.45) is 0 Å². The van der Waals surface area contributed by atoms with Crippen molar-refractivity contribution in [3.05, 3.63) is 58.4 Å². The van der Waals surface area contributed by atoms with Gasteiger partial charge in [0.05, 0.1) is 11.6 Å². The molecule has 24 heavy (non-hydrogen) atoms. The van der Waals surface area contributed by atoms with Gasteiger partial charge in [0.2, 0.25) is 5.82 Å². The monoisotopic (exact) mass is 406 g/mol. The van der Waals surface area contributed by atoms with Gasteiger partial charge in [-0.05, 0) is 39.7 Å². The van der Waals surface area contributed by atoms with Crippen LogP contribution in [0.5, 0.6) is 11.5 Å². The van der Waals surface area contributed by atoms with Gasteiger partial charge < -0.3 is 14.4 Å². The van der Waals surface area contributed by atoms with E-state index in [1.807, 2.05) is 30.3 Å². The third-order valence-electron chi connectivity index (χ3n) is 3.23. The Bertz CT molecular complexity index is 894. The molecule has 0 bridgehead atoms. The van der Waals surface area contributed by atoms with Gasteiger partial charge in [-0.1, -0.05) is 47.1 Å². The topological polar surface area (TPSA) is 68.4 Å². The maximum absolute atomic E-state index is 9.84. The van der Waals surface area contributed by atoms with Crippen molar-refractivity contribution in [1.82, 2.24) is 10.1 Å². The van der Waals surface area contributed by atoms with Gasteiger partial charge in [0, 0.05) is 5.56 Å². The minimum absolute atomic E-state index is 0.0231. The number of halogens is 2. The molecule has 3 aromatic rings. The van der Waals surface area contributed by atoms with Crippen LogP contribution in [-0.4, -0.2) is 22.4 Å². The quantitative estimate of drug-likeness (QED) is 0.663. The molecule has 1 aromatic heterocycles. The van der Waals surface area contributed by atoms with Crippen molar-refractivity contribution in [3.63, 3.8) is 0 Å². The summed E-state index contributed by atoms with van der Waals surface area (Å²) in [6, 6.07) is 12.8. The van der Waals surface area contributed by atoms with Crippen molar-refractivity contribution >= 4 is 38.6 Å². The van der Waals surface area contributed by atoms with Crippen LogP contribution < -0.4 is 4.74 Å². The number of nitrogens with zero attached hydrogens (tertiary/aromatic N) is 2. The normalized spacial score (nSPS) is 11.5. The maximum Gasteiger partial charge on any atom is 0.269 e. The summed E-state index contributed by atoms with van der Waals surface area (Å²) < 4.78 is 10.8. The number of hydrogen-bond acceptors (Lipinski definition) is 5. The van der Waals surface area contributed by atoms with Crippen LogP contribution in [0.15, 0.2) is 51.5 Å². The molecule has 0 saturated carbocycles. The van der Waals surface area contributed by atoms with Crippen molar-refractivity contribution in [2.45, 2.75) is 0 Å². The van der Waals surface area contributed by atoms with Crippen molar-refractivity contribution in [1.29, 1.82) is 0 Å². The van der Waals surface area contributed by atoms with Crippen molar-refractivity contribution in [2.75, 3.05) is 7.11 Å². The highest BCUT2D eigenvalue weighted by molar-refractivity contribution is 9.10. The molecule has 5 nitrogen and oxygen atoms in total. The second kappa shape index (κ2) is 7.07. The molecule has 0 radical (unpaired) electrons. The smallest absolute Gasteiger partial charge is 0.269 e. The predicted octanol–water partition coefficient (Wildman–Crippen LogP) is 4.95. The van der Waals surface area contributed by atoms with Crippen LogP contribution in [0.2, 0.25) is 0 Å². The Balaban J connectivity index is 1.92. The number of phenols is 1. The first kappa shape index (κ1) is 16.5. The van der Waals surface area contributed by atoms with Gasteiger partial charge in [-0.3, -0.25) is 0 Å². The van der Waals surface area contributed by atoms with E-state index in [-0.39, 0.29) is 16.7 Å². The average Bonchev–Trinajstić information content (AvgIpc) is 3.09. The number of ether oxygens (including phenoxy) is 1. The molecule has 2 aromatic carbocycles. The van der Waals surface area contributed by atoms with Gasteiger partial charge in [0.15, 0.2) is 11.5 Å². The molecule has 3 rings (SSSR count). The van der Waals surface area contributed by atoms with E-state index in [2.05, 4.69) is 26.1 Å². The third kappa shape index (κ3) is 3.44. The number of hydrogen-bond donors (Lipinski definition) is 1. The molecule has 122 valence electrons. The molecule has 0 saturated heterocycles. The first-order valence-corrected chi connectivity index (χ1v) is 8.09. The van der Waals surface area contributed by atoms with Gasteiger partial charge in [-0.15, -0.1) is 0 Å². The number of aromatic hydroxyl groups is 1. The van der Waals surface area contributed by atoms with Crippen LogP contribution in [-0.2, 0) is 0 Å². The van der Waals surface area contributed by atoms with Crippen LogP contribution >= 0.6 is 27.5 Å². The van der Waals surface area contributed by atoms with E-state index in [0.29, 0.717) is 21.6 Å². The molecule has 1 N–H and O–H groups in total. The number of phenolic OH excluding ortho intramolecular Hbond substituents is 1. The van der Waals surface area contributed by atoms with Crippen LogP contribution in [0.4, 0.5) is 0 Å². The number of methoxy groups -OCH3 is 1. The molecular formula is C17H12BrClN2O3. The first-order chi connectivity index (χ1) is 11.6. The number of aromatic nitrogens is 2. The first-order valence-electron chi connectivity index (χ1n) is 6.91. The summed E-state index contributed by atoms with van der Waals surface area (Å²) >= 11 is 9.54. The second-order valence-corrected chi connectivity index (χ2v) is 6.10. The molecule has 0 atom stereocenters. The Labute approximate surface area is 151 Å². The van der Waals surface area contributed by atoms with Crippen LogP contribution in [0.25, 0.3) is 22.5 Å². The standard InChI is InChI=1S/C17H12BrClN2O3/c1-23-14-9-10(7-12(18)15(14)22)8-13(19)17-20-16(21-24-17)11-5-3-2-4-6-11/h2-9,22H,1H3/b13-8-. The highest BCUT2D eigenvalue weighted by Crippen LogP contribution is 2.36. The van der Waals surface area contributed by atoms with E-state index in [4.69, 9.17) is 20.9 Å². The van der Waals surface area contributed by atoms with Crippen molar-refractivity contribution < 1.29 is 14.4 Å². The Morgan fingerprint density at radius 1 is 1.29 bits per heavy atom. The summed E-state index contributed by atoms with van der Waals surface area (Å²) in [7, 11) is 1.47. The Morgan fingerprint density at radius 3 is 2.75 bits per heavy atom. The molecule has 0 spiro atoms. The minimum atomic E-state index is 0.0231. The van der Waals surface area contributed by atoms with Crippen molar-refractivity contribution in [3.8, 4) is 22.9 Å². The van der Waals surface area contributed by atoms with E-state index >= 15 is 0 Å². The van der Waals surface area contributed by atoms with E-state index < -0.39 is 0 Å². The highest BCUT2D eigenvalue weighted by Gasteiger charge is 2.13. The number of benzene rings is 2. The Morgan fingerprint density at radius 2 is 2.04 bits per heavy atom. The van der Waals surface area contributed by atoms with Crippen LogP contribution in [0, 0.1) is 0 Å². The fraction of sp³-hybridized carbons (Fsp3) is 0.0588. The molecule has 7 heteroatoms. The zero-order valence-corrected chi connectivity index (χ0v) is 14.9. The zero-order chi connectivity index (χ0) is 17.1. The van der Waals surface area contributed by atoms with Gasteiger partial charge in [-0.25, -0.2) is 0 Å². The zero-order valence-electron chi connectivity index (χ0n) is 12.5.